The molecule has 1 N–H and O–H groups in total. The zero-order valence-electron chi connectivity index (χ0n) is 11.0. The largest absolute Gasteiger partial charge is 0.388 e. The quantitative estimate of drug-likeness (QED) is 0.749. The number of allylic oxidation sites excluding steroid dienone is 3. The Bertz CT molecular complexity index is 348. The Kier molecular flexibility index (Phi) is 3.00. The average molecular weight is 220 g/mol. The summed E-state index contributed by atoms with van der Waals surface area (Å²) in [5.74, 6) is 0.330. The van der Waals surface area contributed by atoms with Gasteiger partial charge >= 0.3 is 0 Å². The van der Waals surface area contributed by atoms with Crippen molar-refractivity contribution >= 4 is 0 Å². The van der Waals surface area contributed by atoms with Crippen LogP contribution in [0.15, 0.2) is 22.8 Å². The minimum absolute atomic E-state index is 0.247. The third-order valence-corrected chi connectivity index (χ3v) is 4.33. The lowest BCUT2D eigenvalue weighted by Crippen LogP contribution is -2.22. The average Bonchev–Trinajstić information content (AvgIpc) is 2.56. The van der Waals surface area contributed by atoms with Crippen LogP contribution in [0.1, 0.15) is 53.4 Å². The summed E-state index contributed by atoms with van der Waals surface area (Å²) in [7, 11) is 0. The molecule has 16 heavy (non-hydrogen) atoms. The fourth-order valence-corrected chi connectivity index (χ4v) is 3.31. The summed E-state index contributed by atoms with van der Waals surface area (Å²) >= 11 is 0. The van der Waals surface area contributed by atoms with Crippen LogP contribution >= 0.6 is 0 Å². The van der Waals surface area contributed by atoms with E-state index in [4.69, 9.17) is 0 Å². The summed E-state index contributed by atoms with van der Waals surface area (Å²) in [4.78, 5) is 0. The molecule has 0 radical (unpaired) electrons. The Hall–Kier alpha value is -0.560. The first-order valence-corrected chi connectivity index (χ1v) is 6.53. The van der Waals surface area contributed by atoms with Crippen LogP contribution in [0.2, 0.25) is 0 Å². The Labute approximate surface area is 99.3 Å². The van der Waals surface area contributed by atoms with Crippen LogP contribution in [-0.4, -0.2) is 11.2 Å². The Morgan fingerprint density at radius 3 is 2.62 bits per heavy atom. The molecule has 0 spiro atoms. The number of hydrogen-bond acceptors (Lipinski definition) is 1. The first-order chi connectivity index (χ1) is 7.44. The van der Waals surface area contributed by atoms with Gasteiger partial charge < -0.3 is 5.11 Å². The molecule has 90 valence electrons. The van der Waals surface area contributed by atoms with Crippen molar-refractivity contribution in [2.24, 2.45) is 11.3 Å². The summed E-state index contributed by atoms with van der Waals surface area (Å²) in [6, 6.07) is 0. The van der Waals surface area contributed by atoms with Gasteiger partial charge in [0.2, 0.25) is 0 Å². The predicted molar refractivity (Wildman–Crippen MR) is 68.2 cm³/mol. The van der Waals surface area contributed by atoms with E-state index in [0.717, 1.165) is 6.42 Å². The number of aliphatic hydroxyl groups is 1. The normalized spacial score (nSPS) is 31.8. The van der Waals surface area contributed by atoms with Gasteiger partial charge in [-0.15, -0.1) is 0 Å². The maximum atomic E-state index is 10.2. The summed E-state index contributed by atoms with van der Waals surface area (Å²) in [5, 5.41) is 10.2. The maximum absolute atomic E-state index is 10.2. The van der Waals surface area contributed by atoms with E-state index >= 15 is 0 Å². The van der Waals surface area contributed by atoms with E-state index in [-0.39, 0.29) is 6.10 Å². The Morgan fingerprint density at radius 2 is 2.06 bits per heavy atom. The molecular weight excluding hydrogens is 196 g/mol. The molecule has 2 aliphatic carbocycles. The standard InChI is InChI=1S/C15H24O/c1-10(2)14(16)12-8-13-11(3)6-5-7-15(13,4)9-12/h8,10,14,16H,5-7,9H2,1-4H3/t14-,15-/m1/s1. The fourth-order valence-electron chi connectivity index (χ4n) is 3.31. The minimum Gasteiger partial charge on any atom is -0.388 e. The Balaban J connectivity index is 2.30. The molecule has 0 amide bonds. The van der Waals surface area contributed by atoms with E-state index in [0.29, 0.717) is 11.3 Å². The van der Waals surface area contributed by atoms with Gasteiger partial charge in [-0.05, 0) is 55.1 Å². The lowest BCUT2D eigenvalue weighted by Gasteiger charge is -2.33. The van der Waals surface area contributed by atoms with Crippen LogP contribution in [0, 0.1) is 11.3 Å². The number of aliphatic hydroxyl groups excluding tert-OH is 1. The van der Waals surface area contributed by atoms with Gasteiger partial charge in [0.15, 0.2) is 0 Å². The SMILES string of the molecule is CC1=C2C=C([C@H](O)C(C)C)C[C@@]2(C)CCC1. The van der Waals surface area contributed by atoms with Crippen molar-refractivity contribution in [2.75, 3.05) is 0 Å². The van der Waals surface area contributed by atoms with E-state index in [1.807, 2.05) is 0 Å². The van der Waals surface area contributed by atoms with E-state index in [2.05, 4.69) is 33.8 Å². The lowest BCUT2D eigenvalue weighted by atomic mass is 9.72. The van der Waals surface area contributed by atoms with Gasteiger partial charge in [0, 0.05) is 0 Å². The number of fused-ring (bicyclic) bond motifs is 1. The molecule has 0 bridgehead atoms. The number of rotatable bonds is 2. The molecule has 2 atom stereocenters. The van der Waals surface area contributed by atoms with Crippen LogP contribution in [0.4, 0.5) is 0 Å². The molecule has 0 unspecified atom stereocenters. The van der Waals surface area contributed by atoms with Crippen LogP contribution in [-0.2, 0) is 0 Å². The van der Waals surface area contributed by atoms with Crippen LogP contribution in [0.3, 0.4) is 0 Å². The molecule has 1 nitrogen and oxygen atoms in total. The highest BCUT2D eigenvalue weighted by Crippen LogP contribution is 2.51. The summed E-state index contributed by atoms with van der Waals surface area (Å²) in [6.45, 7) is 8.81. The van der Waals surface area contributed by atoms with Crippen molar-refractivity contribution in [1.82, 2.24) is 0 Å². The smallest absolute Gasteiger partial charge is 0.0776 e. The molecule has 0 aromatic heterocycles. The second-order valence-corrected chi connectivity index (χ2v) is 6.19. The summed E-state index contributed by atoms with van der Waals surface area (Å²) < 4.78 is 0. The van der Waals surface area contributed by atoms with Crippen molar-refractivity contribution in [3.63, 3.8) is 0 Å². The third kappa shape index (κ3) is 1.86. The maximum Gasteiger partial charge on any atom is 0.0776 e. The summed E-state index contributed by atoms with van der Waals surface area (Å²) in [5.41, 5.74) is 4.65. The van der Waals surface area contributed by atoms with Gasteiger partial charge in [-0.3, -0.25) is 0 Å². The van der Waals surface area contributed by atoms with Gasteiger partial charge in [-0.1, -0.05) is 32.4 Å². The highest BCUT2D eigenvalue weighted by atomic mass is 16.3. The van der Waals surface area contributed by atoms with E-state index in [9.17, 15) is 5.11 Å². The molecule has 0 aromatic rings. The highest BCUT2D eigenvalue weighted by Gasteiger charge is 2.39. The molecule has 0 aromatic carbocycles. The molecule has 2 aliphatic rings. The van der Waals surface area contributed by atoms with Crippen molar-refractivity contribution in [2.45, 2.75) is 59.5 Å². The monoisotopic (exact) mass is 220 g/mol. The lowest BCUT2D eigenvalue weighted by molar-refractivity contribution is 0.152. The first-order valence-electron chi connectivity index (χ1n) is 6.53. The van der Waals surface area contributed by atoms with Gasteiger partial charge in [0.1, 0.15) is 0 Å². The fraction of sp³-hybridized carbons (Fsp3) is 0.733. The molecular formula is C15H24O. The topological polar surface area (TPSA) is 20.2 Å². The Morgan fingerprint density at radius 1 is 1.38 bits per heavy atom. The molecule has 0 saturated carbocycles. The van der Waals surface area contributed by atoms with Gasteiger partial charge in [0.05, 0.1) is 6.10 Å². The molecule has 0 heterocycles. The minimum atomic E-state index is -0.247. The van der Waals surface area contributed by atoms with Crippen LogP contribution in [0.5, 0.6) is 0 Å². The van der Waals surface area contributed by atoms with Gasteiger partial charge in [0.25, 0.3) is 0 Å². The van der Waals surface area contributed by atoms with Crippen molar-refractivity contribution in [1.29, 1.82) is 0 Å². The predicted octanol–water partition coefficient (Wildman–Crippen LogP) is 3.84. The van der Waals surface area contributed by atoms with Crippen molar-refractivity contribution < 1.29 is 5.11 Å². The van der Waals surface area contributed by atoms with Gasteiger partial charge in [-0.2, -0.15) is 0 Å². The number of hydrogen-bond donors (Lipinski definition) is 1. The first kappa shape index (κ1) is 11.9. The molecule has 2 rings (SSSR count). The zero-order valence-corrected chi connectivity index (χ0v) is 11.0. The van der Waals surface area contributed by atoms with Crippen LogP contribution in [0.25, 0.3) is 0 Å². The van der Waals surface area contributed by atoms with Gasteiger partial charge in [-0.25, -0.2) is 0 Å². The van der Waals surface area contributed by atoms with Crippen molar-refractivity contribution in [3.05, 3.63) is 22.8 Å². The van der Waals surface area contributed by atoms with E-state index in [1.165, 1.54) is 30.4 Å². The molecule has 0 aliphatic heterocycles. The summed E-state index contributed by atoms with van der Waals surface area (Å²) in [6.07, 6.45) is 6.95. The van der Waals surface area contributed by atoms with E-state index < -0.39 is 0 Å². The second-order valence-electron chi connectivity index (χ2n) is 6.19. The van der Waals surface area contributed by atoms with Crippen molar-refractivity contribution in [3.8, 4) is 0 Å². The second kappa shape index (κ2) is 4.03. The zero-order chi connectivity index (χ0) is 11.9. The van der Waals surface area contributed by atoms with E-state index in [1.54, 1.807) is 5.57 Å². The third-order valence-electron chi connectivity index (χ3n) is 4.33. The molecule has 1 heteroatoms. The molecule has 0 saturated heterocycles. The highest BCUT2D eigenvalue weighted by molar-refractivity contribution is 5.43. The van der Waals surface area contributed by atoms with Crippen LogP contribution < -0.4 is 0 Å². The molecule has 0 fully saturated rings.